The first kappa shape index (κ1) is 63.0. The van der Waals surface area contributed by atoms with Crippen LogP contribution in [0.15, 0.2) is 24.3 Å². The van der Waals surface area contributed by atoms with Crippen LogP contribution in [0.25, 0.3) is 0 Å². The summed E-state index contributed by atoms with van der Waals surface area (Å²) in [5.74, 6) is -0.181. The van der Waals surface area contributed by atoms with Crippen molar-refractivity contribution in [1.29, 1.82) is 0 Å². The van der Waals surface area contributed by atoms with Crippen LogP contribution < -0.4 is 5.32 Å². The van der Waals surface area contributed by atoms with Crippen molar-refractivity contribution in [2.75, 3.05) is 40.9 Å². The van der Waals surface area contributed by atoms with Gasteiger partial charge in [0.1, 0.15) is 13.2 Å². The summed E-state index contributed by atoms with van der Waals surface area (Å²) < 4.78 is 23.7. The van der Waals surface area contributed by atoms with Crippen LogP contribution in [0.4, 0.5) is 0 Å². The van der Waals surface area contributed by atoms with Gasteiger partial charge in [0.25, 0.3) is 0 Å². The summed E-state index contributed by atoms with van der Waals surface area (Å²) in [6.07, 6.45) is 58.5. The van der Waals surface area contributed by atoms with Gasteiger partial charge in [-0.05, 0) is 32.1 Å². The summed E-state index contributed by atoms with van der Waals surface area (Å²) in [5, 5.41) is 13.9. The Kier molecular flexibility index (Phi) is 46.3. The van der Waals surface area contributed by atoms with Crippen LogP contribution in [0.5, 0.6) is 0 Å². The van der Waals surface area contributed by atoms with Gasteiger partial charge < -0.3 is 19.8 Å². The minimum atomic E-state index is -4.35. The molecule has 0 spiro atoms. The molecule has 3 atom stereocenters. The van der Waals surface area contributed by atoms with E-state index in [9.17, 15) is 19.4 Å². The number of allylic oxidation sites excluding steroid dienone is 3. The fraction of sp³-hybridized carbons (Fsp3) is 0.909. The number of nitrogens with zero attached hydrogens (tertiary/aromatic N) is 1. The molecule has 0 heterocycles. The van der Waals surface area contributed by atoms with E-state index < -0.39 is 20.0 Å². The summed E-state index contributed by atoms with van der Waals surface area (Å²) in [5.41, 5.74) is 0. The first-order valence-corrected chi connectivity index (χ1v) is 29.2. The number of rotatable bonds is 51. The van der Waals surface area contributed by atoms with Crippen molar-refractivity contribution in [1.82, 2.24) is 5.32 Å². The topological polar surface area (TPSA) is 105 Å². The second-order valence-corrected chi connectivity index (χ2v) is 21.8. The van der Waals surface area contributed by atoms with Gasteiger partial charge >= 0.3 is 7.82 Å². The Morgan fingerprint density at radius 1 is 0.516 bits per heavy atom. The summed E-state index contributed by atoms with van der Waals surface area (Å²) in [4.78, 5) is 23.3. The number of phosphoric acid groups is 1. The lowest BCUT2D eigenvalue weighted by Gasteiger charge is -2.25. The highest BCUT2D eigenvalue weighted by atomic mass is 31.2. The van der Waals surface area contributed by atoms with Crippen LogP contribution in [0.3, 0.4) is 0 Å². The Bertz CT molecular complexity index is 1090. The van der Waals surface area contributed by atoms with E-state index in [0.29, 0.717) is 17.4 Å². The third kappa shape index (κ3) is 48.9. The molecule has 8 nitrogen and oxygen atoms in total. The van der Waals surface area contributed by atoms with Crippen LogP contribution in [-0.4, -0.2) is 73.4 Å². The number of quaternary nitrogens is 1. The number of aliphatic hydroxyl groups is 1. The predicted molar refractivity (Wildman–Crippen MR) is 277 cm³/mol. The molecule has 0 saturated carbocycles. The van der Waals surface area contributed by atoms with E-state index in [1.54, 1.807) is 6.08 Å². The number of carbonyl (C=O) groups excluding carboxylic acids is 1. The van der Waals surface area contributed by atoms with Crippen LogP contribution in [0.2, 0.25) is 0 Å². The molecule has 0 aromatic carbocycles. The van der Waals surface area contributed by atoms with Gasteiger partial charge in [-0.2, -0.15) is 0 Å². The zero-order valence-corrected chi connectivity index (χ0v) is 44.2. The zero-order chi connectivity index (χ0) is 47.1. The van der Waals surface area contributed by atoms with Crippen molar-refractivity contribution in [2.45, 2.75) is 283 Å². The van der Waals surface area contributed by atoms with E-state index in [0.717, 1.165) is 38.5 Å². The van der Waals surface area contributed by atoms with E-state index in [-0.39, 0.29) is 19.1 Å². The van der Waals surface area contributed by atoms with Crippen molar-refractivity contribution >= 4 is 13.7 Å². The van der Waals surface area contributed by atoms with Crippen molar-refractivity contribution in [3.8, 4) is 0 Å². The molecule has 64 heavy (non-hydrogen) atoms. The number of likely N-dealkylation sites (N-methyl/N-ethyl adjacent to an activating group) is 1. The van der Waals surface area contributed by atoms with E-state index in [2.05, 4.69) is 31.3 Å². The summed E-state index contributed by atoms with van der Waals surface area (Å²) in [6.45, 7) is 4.83. The third-order valence-electron chi connectivity index (χ3n) is 12.7. The second kappa shape index (κ2) is 47.1. The van der Waals surface area contributed by atoms with E-state index in [4.69, 9.17) is 9.05 Å². The average Bonchev–Trinajstić information content (AvgIpc) is 3.25. The Labute approximate surface area is 398 Å². The maximum absolute atomic E-state index is 13.0. The van der Waals surface area contributed by atoms with Gasteiger partial charge in [0.05, 0.1) is 39.9 Å². The van der Waals surface area contributed by atoms with Gasteiger partial charge in [-0.1, -0.05) is 256 Å². The molecule has 9 heteroatoms. The highest BCUT2D eigenvalue weighted by Crippen LogP contribution is 2.43. The Morgan fingerprint density at radius 2 is 0.859 bits per heavy atom. The van der Waals surface area contributed by atoms with Crippen LogP contribution in [0, 0.1) is 0 Å². The maximum atomic E-state index is 13.0. The lowest BCUT2D eigenvalue weighted by molar-refractivity contribution is -0.870. The molecule has 0 aliphatic heterocycles. The standard InChI is InChI=1S/C55H109N2O6P/c1-6-8-10-12-14-16-18-20-22-24-25-26-27-28-29-30-31-33-35-37-39-41-43-45-47-49-55(59)56-53(52-63-64(60,61)62-51-50-57(3,4)5)54(58)48-46-44-42-40-38-36-34-32-23-21-19-17-15-13-11-9-7-2/h38,40,46,48,53-54,58H,6-37,39,41-45,47,49-52H2,1-5H3,(H-,56,59,60,61)/p+1/b40-38+,48-46+. The highest BCUT2D eigenvalue weighted by Gasteiger charge is 2.27. The molecule has 3 N–H and O–H groups in total. The Balaban J connectivity index is 4.20. The summed E-state index contributed by atoms with van der Waals surface area (Å²) in [6, 6.07) is -0.859. The fourth-order valence-corrected chi connectivity index (χ4v) is 9.03. The molecule has 0 rings (SSSR count). The molecule has 0 fully saturated rings. The molecular weight excluding hydrogens is 816 g/mol. The first-order valence-electron chi connectivity index (χ1n) is 27.7. The van der Waals surface area contributed by atoms with Gasteiger partial charge in [0.2, 0.25) is 5.91 Å². The summed E-state index contributed by atoms with van der Waals surface area (Å²) in [7, 11) is 1.57. The molecule has 0 aliphatic carbocycles. The van der Waals surface area contributed by atoms with Crippen LogP contribution in [0.1, 0.15) is 271 Å². The van der Waals surface area contributed by atoms with Gasteiger partial charge in [0, 0.05) is 6.42 Å². The Morgan fingerprint density at radius 3 is 1.25 bits per heavy atom. The second-order valence-electron chi connectivity index (χ2n) is 20.3. The smallest absolute Gasteiger partial charge is 0.387 e. The Hall–Kier alpha value is -1.02. The normalized spacial score (nSPS) is 14.2. The van der Waals surface area contributed by atoms with Crippen LogP contribution in [-0.2, 0) is 18.4 Å². The molecule has 1 amide bonds. The monoisotopic (exact) mass is 926 g/mol. The number of hydrogen-bond donors (Lipinski definition) is 3. The molecular formula is C55H110N2O6P+. The molecule has 0 saturated heterocycles. The zero-order valence-electron chi connectivity index (χ0n) is 43.3. The average molecular weight is 926 g/mol. The highest BCUT2D eigenvalue weighted by molar-refractivity contribution is 7.47. The third-order valence-corrected chi connectivity index (χ3v) is 13.7. The maximum Gasteiger partial charge on any atom is 0.472 e. The molecule has 0 radical (unpaired) electrons. The first-order chi connectivity index (χ1) is 31.0. The largest absolute Gasteiger partial charge is 0.472 e. The quantitative estimate of drug-likeness (QED) is 0.0243. The minimum Gasteiger partial charge on any atom is -0.387 e. The van der Waals surface area contributed by atoms with Crippen molar-refractivity contribution in [3.05, 3.63) is 24.3 Å². The lowest BCUT2D eigenvalue weighted by atomic mass is 10.0. The number of unbranched alkanes of at least 4 members (excludes halogenated alkanes) is 36. The molecule has 0 bridgehead atoms. The van der Waals surface area contributed by atoms with E-state index >= 15 is 0 Å². The molecule has 3 unspecified atom stereocenters. The molecule has 0 aromatic rings. The van der Waals surface area contributed by atoms with Gasteiger partial charge in [-0.3, -0.25) is 13.8 Å². The number of carbonyl (C=O) groups is 1. The van der Waals surface area contributed by atoms with E-state index in [1.807, 2.05) is 27.2 Å². The van der Waals surface area contributed by atoms with Crippen molar-refractivity contribution in [2.24, 2.45) is 0 Å². The van der Waals surface area contributed by atoms with Gasteiger partial charge in [-0.25, -0.2) is 4.57 Å². The number of aliphatic hydroxyl groups excluding tert-OH is 1. The SMILES string of the molecule is CCCCCCCCCCCCC/C=C/CC/C=C/C(O)C(COP(=O)(O)OCC[N+](C)(C)C)NC(=O)CCCCCCCCCCCCCCCCCCCCCCCCCCC. The lowest BCUT2D eigenvalue weighted by Crippen LogP contribution is -2.45. The van der Waals surface area contributed by atoms with Crippen molar-refractivity contribution in [3.63, 3.8) is 0 Å². The number of hydrogen-bond acceptors (Lipinski definition) is 5. The number of phosphoric ester groups is 1. The minimum absolute atomic E-state index is 0.0587. The molecule has 380 valence electrons. The molecule has 0 aliphatic rings. The summed E-state index contributed by atoms with van der Waals surface area (Å²) >= 11 is 0. The molecule has 0 aromatic heterocycles. The van der Waals surface area contributed by atoms with E-state index in [1.165, 1.54) is 212 Å². The number of nitrogens with one attached hydrogen (secondary N) is 1. The van der Waals surface area contributed by atoms with Crippen LogP contribution >= 0.6 is 7.82 Å². The number of amides is 1. The van der Waals surface area contributed by atoms with Gasteiger partial charge in [0.15, 0.2) is 0 Å². The van der Waals surface area contributed by atoms with Gasteiger partial charge in [-0.15, -0.1) is 0 Å². The fourth-order valence-electron chi connectivity index (χ4n) is 8.30. The van der Waals surface area contributed by atoms with Crippen molar-refractivity contribution < 1.29 is 32.9 Å². The predicted octanol–water partition coefficient (Wildman–Crippen LogP) is 16.4.